The Hall–Kier alpha value is -0.460. The summed E-state index contributed by atoms with van der Waals surface area (Å²) >= 11 is 17.1. The van der Waals surface area contributed by atoms with Crippen LogP contribution in [0.5, 0.6) is 0 Å². The van der Waals surface area contributed by atoms with E-state index in [0.717, 1.165) is 18.7 Å². The van der Waals surface area contributed by atoms with E-state index in [4.69, 9.17) is 34.8 Å². The number of alkyl halides is 3. The number of nitrogens with zero attached hydrogens (tertiary/aromatic N) is 4. The highest BCUT2D eigenvalue weighted by molar-refractivity contribution is 7.84. The fourth-order valence-electron chi connectivity index (χ4n) is 1.71. The third kappa shape index (κ3) is 4.27. The molecule has 114 valence electrons. The maximum absolute atomic E-state index is 5.96. The van der Waals surface area contributed by atoms with E-state index in [1.54, 1.807) is 0 Å². The summed E-state index contributed by atoms with van der Waals surface area (Å²) in [6.07, 6.45) is 0. The summed E-state index contributed by atoms with van der Waals surface area (Å²) in [7, 11) is 0. The Kier molecular flexibility index (Phi) is 5.80. The van der Waals surface area contributed by atoms with Gasteiger partial charge in [0.1, 0.15) is 11.1 Å². The largest absolute Gasteiger partial charge is 0.250 e. The van der Waals surface area contributed by atoms with Crippen molar-refractivity contribution in [3.63, 3.8) is 0 Å². The van der Waals surface area contributed by atoms with Gasteiger partial charge < -0.3 is 0 Å². The topological polar surface area (TPSA) is 40.3 Å². The summed E-state index contributed by atoms with van der Waals surface area (Å²) in [5, 5.41) is 0. The lowest BCUT2D eigenvalue weighted by Gasteiger charge is -2.23. The first-order valence-corrected chi connectivity index (χ1v) is 8.70. The average Bonchev–Trinajstić information content (AvgIpc) is 2.48. The molecule has 8 heteroatoms. The van der Waals surface area contributed by atoms with Gasteiger partial charge in [-0.25, -0.2) is 9.30 Å². The molecule has 0 fully saturated rings. The number of halogens is 3. The number of rotatable bonds is 4. The van der Waals surface area contributed by atoms with Gasteiger partial charge in [0.05, 0.1) is 0 Å². The van der Waals surface area contributed by atoms with E-state index in [9.17, 15) is 0 Å². The Morgan fingerprint density at radius 3 is 2.24 bits per heavy atom. The van der Waals surface area contributed by atoms with Crippen LogP contribution in [-0.2, 0) is 11.1 Å². The van der Waals surface area contributed by atoms with Gasteiger partial charge in [-0.2, -0.15) is 8.76 Å². The molecule has 0 spiro atoms. The smallest absolute Gasteiger partial charge is 0.223 e. The standard InChI is InChI=1S/C13H15Cl3N4S/c1-3-20(4-2)21-18-11(10-8-6-5-7-9-10)17-12(19-21)13(14,15)16/h5-9H,3-4H2,1-2H3/t21-/m0/s1. The summed E-state index contributed by atoms with van der Waals surface area (Å²) in [5.41, 5.74) is 0.879. The fourth-order valence-corrected chi connectivity index (χ4v) is 3.48. The molecule has 0 unspecified atom stereocenters. The molecular formula is C13H15Cl3N4S. The zero-order chi connectivity index (χ0) is 15.5. The summed E-state index contributed by atoms with van der Waals surface area (Å²) in [5.74, 6) is 0.721. The third-order valence-corrected chi connectivity index (χ3v) is 4.93. The van der Waals surface area contributed by atoms with Crippen LogP contribution in [0.15, 0.2) is 44.1 Å². The van der Waals surface area contributed by atoms with Crippen LogP contribution < -0.4 is 0 Å². The van der Waals surface area contributed by atoms with Crippen LogP contribution in [0.1, 0.15) is 19.4 Å². The van der Waals surface area contributed by atoms with Crippen molar-refractivity contribution in [2.75, 3.05) is 13.1 Å². The minimum absolute atomic E-state index is 0.177. The van der Waals surface area contributed by atoms with Gasteiger partial charge in [-0.3, -0.25) is 0 Å². The van der Waals surface area contributed by atoms with Crippen LogP contribution in [0, 0.1) is 0 Å². The van der Waals surface area contributed by atoms with Crippen molar-refractivity contribution in [2.24, 2.45) is 13.8 Å². The Labute approximate surface area is 142 Å². The summed E-state index contributed by atoms with van der Waals surface area (Å²) in [6, 6.07) is 9.62. The SMILES string of the molecule is CCN(CC)[S@@]1=NC(C(Cl)(Cl)Cl)=NC(c2ccccc2)=N1. The zero-order valence-electron chi connectivity index (χ0n) is 11.6. The second kappa shape index (κ2) is 7.20. The summed E-state index contributed by atoms with van der Waals surface area (Å²) < 4.78 is 9.42. The van der Waals surface area contributed by atoms with Crippen LogP contribution in [0.3, 0.4) is 0 Å². The molecule has 1 heterocycles. The maximum Gasteiger partial charge on any atom is 0.250 e. The lowest BCUT2D eigenvalue weighted by molar-refractivity contribution is 0.518. The molecule has 0 bridgehead atoms. The quantitative estimate of drug-likeness (QED) is 0.737. The Balaban J connectivity index is 2.49. The molecule has 0 saturated heterocycles. The van der Waals surface area contributed by atoms with E-state index in [1.165, 1.54) is 0 Å². The highest BCUT2D eigenvalue weighted by Crippen LogP contribution is 2.31. The predicted molar refractivity (Wildman–Crippen MR) is 93.4 cm³/mol. The number of amidine groups is 2. The monoisotopic (exact) mass is 364 g/mol. The Morgan fingerprint density at radius 2 is 1.71 bits per heavy atom. The lowest BCUT2D eigenvalue weighted by atomic mass is 10.2. The second-order valence-electron chi connectivity index (χ2n) is 4.16. The van der Waals surface area contributed by atoms with Crippen molar-refractivity contribution < 1.29 is 0 Å². The van der Waals surface area contributed by atoms with E-state index in [2.05, 4.69) is 18.1 Å². The minimum Gasteiger partial charge on any atom is -0.223 e. The van der Waals surface area contributed by atoms with Crippen molar-refractivity contribution in [3.8, 4) is 0 Å². The normalized spacial score (nSPS) is 19.0. The summed E-state index contributed by atoms with van der Waals surface area (Å²) in [4.78, 5) is 4.31. The van der Waals surface area contributed by atoms with Gasteiger partial charge in [0, 0.05) is 18.7 Å². The van der Waals surface area contributed by atoms with Crippen molar-refractivity contribution in [3.05, 3.63) is 35.9 Å². The Bertz CT molecular complexity index is 589. The van der Waals surface area contributed by atoms with Gasteiger partial charge >= 0.3 is 0 Å². The Morgan fingerprint density at radius 1 is 1.10 bits per heavy atom. The molecule has 2 rings (SSSR count). The molecule has 0 aliphatic carbocycles. The van der Waals surface area contributed by atoms with Gasteiger partial charge in [-0.1, -0.05) is 79.0 Å². The van der Waals surface area contributed by atoms with Gasteiger partial charge in [0.25, 0.3) is 3.79 Å². The maximum atomic E-state index is 5.96. The van der Waals surface area contributed by atoms with Crippen molar-refractivity contribution >= 4 is 57.5 Å². The molecule has 1 aromatic carbocycles. The van der Waals surface area contributed by atoms with Crippen LogP contribution >= 0.6 is 34.8 Å². The molecule has 1 aliphatic rings. The van der Waals surface area contributed by atoms with Crippen molar-refractivity contribution in [2.45, 2.75) is 17.6 Å². The van der Waals surface area contributed by atoms with E-state index < -0.39 is 14.9 Å². The molecule has 0 saturated carbocycles. The highest BCUT2D eigenvalue weighted by Gasteiger charge is 2.32. The highest BCUT2D eigenvalue weighted by atomic mass is 35.6. The number of hydrogen-bond donors (Lipinski definition) is 0. The number of aliphatic imine (C=N–C) groups is 1. The van der Waals surface area contributed by atoms with Crippen LogP contribution in [-0.4, -0.2) is 32.9 Å². The van der Waals surface area contributed by atoms with Gasteiger partial charge in [0.2, 0.25) is 0 Å². The third-order valence-electron chi connectivity index (χ3n) is 2.77. The number of benzene rings is 1. The van der Waals surface area contributed by atoms with E-state index >= 15 is 0 Å². The van der Waals surface area contributed by atoms with Crippen molar-refractivity contribution in [1.82, 2.24) is 4.31 Å². The molecule has 4 nitrogen and oxygen atoms in total. The van der Waals surface area contributed by atoms with Crippen LogP contribution in [0.25, 0.3) is 0 Å². The predicted octanol–water partition coefficient (Wildman–Crippen LogP) is 4.19. The van der Waals surface area contributed by atoms with Gasteiger partial charge in [0.15, 0.2) is 11.7 Å². The molecule has 0 amide bonds. The van der Waals surface area contributed by atoms with Gasteiger partial charge in [-0.05, 0) is 0 Å². The molecule has 0 N–H and O–H groups in total. The van der Waals surface area contributed by atoms with Crippen molar-refractivity contribution in [1.29, 1.82) is 0 Å². The van der Waals surface area contributed by atoms with Crippen LogP contribution in [0.2, 0.25) is 0 Å². The summed E-state index contributed by atoms with van der Waals surface area (Å²) in [6.45, 7) is 5.71. The van der Waals surface area contributed by atoms with Gasteiger partial charge in [-0.15, -0.1) is 0 Å². The lowest BCUT2D eigenvalue weighted by Crippen LogP contribution is -2.30. The molecule has 1 atom stereocenters. The van der Waals surface area contributed by atoms with E-state index in [1.807, 2.05) is 44.2 Å². The van der Waals surface area contributed by atoms with E-state index in [-0.39, 0.29) is 5.84 Å². The molecule has 0 radical (unpaired) electrons. The first-order valence-electron chi connectivity index (χ1n) is 6.47. The molecule has 1 aliphatic heterocycles. The van der Waals surface area contributed by atoms with E-state index in [0.29, 0.717) is 5.84 Å². The molecule has 0 aromatic heterocycles. The minimum atomic E-state index is -1.66. The fraction of sp³-hybridized carbons (Fsp3) is 0.385. The average molecular weight is 366 g/mol. The molecule has 21 heavy (non-hydrogen) atoms. The zero-order valence-corrected chi connectivity index (χ0v) is 14.7. The second-order valence-corrected chi connectivity index (χ2v) is 7.82. The number of hydrogen-bond acceptors (Lipinski definition) is 4. The first kappa shape index (κ1) is 16.9. The molecular weight excluding hydrogens is 351 g/mol. The molecule has 1 aromatic rings. The van der Waals surface area contributed by atoms with Crippen LogP contribution in [0.4, 0.5) is 0 Å². The first-order chi connectivity index (χ1) is 9.95.